The SMILES string of the molecule is O=C(c1ccc(Cl)cc1)N1CCN(c2ncnc3ccc(-c4cn[nH]c4-c4ccc(F)cc4)cc23)CC1. The standard InChI is InChI=1S/C28H22ClFN6O/c29-21-6-1-19(2-7-21)28(37)36-13-11-35(12-14-36)27-23-15-20(5-10-25(23)31-17-32-27)24-16-33-34-26(24)18-3-8-22(30)9-4-18/h1-10,15-17H,11-14H2,(H,33,34). The number of piperazine rings is 1. The minimum absolute atomic E-state index is 0.000529. The van der Waals surface area contributed by atoms with Gasteiger partial charge in [-0.3, -0.25) is 9.89 Å². The van der Waals surface area contributed by atoms with Crippen molar-refractivity contribution in [2.45, 2.75) is 0 Å². The van der Waals surface area contributed by atoms with Crippen LogP contribution in [0.4, 0.5) is 10.2 Å². The lowest BCUT2D eigenvalue weighted by molar-refractivity contribution is 0.0746. The second-order valence-electron chi connectivity index (χ2n) is 8.88. The molecule has 1 aliphatic rings. The minimum Gasteiger partial charge on any atom is -0.352 e. The highest BCUT2D eigenvalue weighted by Crippen LogP contribution is 2.34. The zero-order valence-corrected chi connectivity index (χ0v) is 20.5. The summed E-state index contributed by atoms with van der Waals surface area (Å²) < 4.78 is 13.4. The maximum atomic E-state index is 13.4. The highest BCUT2D eigenvalue weighted by Gasteiger charge is 2.24. The van der Waals surface area contributed by atoms with Crippen LogP contribution in [-0.4, -0.2) is 57.2 Å². The maximum absolute atomic E-state index is 13.4. The van der Waals surface area contributed by atoms with Gasteiger partial charge in [-0.25, -0.2) is 14.4 Å². The minimum atomic E-state index is -0.285. The molecule has 1 fully saturated rings. The molecule has 1 N–H and O–H groups in total. The molecule has 1 aliphatic heterocycles. The van der Waals surface area contributed by atoms with Crippen LogP contribution in [0, 0.1) is 5.82 Å². The predicted molar refractivity (Wildman–Crippen MR) is 142 cm³/mol. The van der Waals surface area contributed by atoms with E-state index in [-0.39, 0.29) is 11.7 Å². The number of aromatic amines is 1. The van der Waals surface area contributed by atoms with Crippen LogP contribution in [0.15, 0.2) is 79.3 Å². The normalized spacial score (nSPS) is 13.8. The second kappa shape index (κ2) is 9.63. The lowest BCUT2D eigenvalue weighted by atomic mass is 10.00. The maximum Gasteiger partial charge on any atom is 0.253 e. The van der Waals surface area contributed by atoms with Crippen LogP contribution in [0.1, 0.15) is 10.4 Å². The largest absolute Gasteiger partial charge is 0.352 e. The number of anilines is 1. The van der Waals surface area contributed by atoms with Gasteiger partial charge in [0.15, 0.2) is 0 Å². The van der Waals surface area contributed by atoms with Crippen LogP contribution in [-0.2, 0) is 0 Å². The van der Waals surface area contributed by atoms with Crippen LogP contribution in [0.25, 0.3) is 33.3 Å². The number of nitrogens with zero attached hydrogens (tertiary/aromatic N) is 5. The smallest absolute Gasteiger partial charge is 0.253 e. The molecule has 0 aliphatic carbocycles. The van der Waals surface area contributed by atoms with Crippen molar-refractivity contribution in [3.63, 3.8) is 0 Å². The Morgan fingerprint density at radius 3 is 2.38 bits per heavy atom. The number of aromatic nitrogens is 4. The van der Waals surface area contributed by atoms with Gasteiger partial charge in [-0.1, -0.05) is 17.7 Å². The van der Waals surface area contributed by atoms with Crippen molar-refractivity contribution in [3.8, 4) is 22.4 Å². The van der Waals surface area contributed by atoms with Crippen LogP contribution < -0.4 is 4.90 Å². The summed E-state index contributed by atoms with van der Waals surface area (Å²) in [7, 11) is 0. The van der Waals surface area contributed by atoms with E-state index in [0.29, 0.717) is 36.8 Å². The number of hydrogen-bond donors (Lipinski definition) is 1. The van der Waals surface area contributed by atoms with Crippen LogP contribution >= 0.6 is 11.6 Å². The highest BCUT2D eigenvalue weighted by molar-refractivity contribution is 6.30. The first-order valence-corrected chi connectivity index (χ1v) is 12.3. The summed E-state index contributed by atoms with van der Waals surface area (Å²) in [5.41, 5.74) is 4.98. The van der Waals surface area contributed by atoms with Gasteiger partial charge in [0.2, 0.25) is 0 Å². The van der Waals surface area contributed by atoms with E-state index in [1.807, 2.05) is 17.0 Å². The van der Waals surface area contributed by atoms with Gasteiger partial charge >= 0.3 is 0 Å². The molecule has 1 saturated heterocycles. The van der Waals surface area contributed by atoms with Crippen LogP contribution in [0.2, 0.25) is 5.02 Å². The monoisotopic (exact) mass is 512 g/mol. The van der Waals surface area contributed by atoms with Gasteiger partial charge in [0.25, 0.3) is 5.91 Å². The molecule has 0 saturated carbocycles. The summed E-state index contributed by atoms with van der Waals surface area (Å²) in [6, 6.07) is 19.3. The Morgan fingerprint density at radius 2 is 1.62 bits per heavy atom. The molecule has 3 aromatic carbocycles. The molecule has 0 atom stereocenters. The first-order chi connectivity index (χ1) is 18.1. The first-order valence-electron chi connectivity index (χ1n) is 11.9. The van der Waals surface area contributed by atoms with Crippen molar-refractivity contribution in [1.82, 2.24) is 25.1 Å². The van der Waals surface area contributed by atoms with Gasteiger partial charge in [0.1, 0.15) is 18.0 Å². The Labute approximate surface area is 217 Å². The number of H-pyrrole nitrogens is 1. The van der Waals surface area contributed by atoms with Crippen molar-refractivity contribution in [3.05, 3.63) is 95.7 Å². The molecule has 0 unspecified atom stereocenters. The predicted octanol–water partition coefficient (Wildman–Crippen LogP) is 5.44. The zero-order chi connectivity index (χ0) is 25.4. The fourth-order valence-corrected chi connectivity index (χ4v) is 4.83. The van der Waals surface area contributed by atoms with E-state index in [0.717, 1.165) is 39.1 Å². The summed E-state index contributed by atoms with van der Waals surface area (Å²) in [5.74, 6) is 0.545. The summed E-state index contributed by atoms with van der Waals surface area (Å²) in [6.45, 7) is 2.48. The van der Waals surface area contributed by atoms with E-state index < -0.39 is 0 Å². The van der Waals surface area contributed by atoms with Gasteiger partial charge in [0, 0.05) is 53.3 Å². The lowest BCUT2D eigenvalue weighted by Crippen LogP contribution is -2.49. The summed E-state index contributed by atoms with van der Waals surface area (Å²) in [5, 5.41) is 8.81. The number of fused-ring (bicyclic) bond motifs is 1. The third kappa shape index (κ3) is 4.51. The number of nitrogens with one attached hydrogen (secondary N) is 1. The highest BCUT2D eigenvalue weighted by atomic mass is 35.5. The van der Waals surface area contributed by atoms with E-state index in [2.05, 4.69) is 31.1 Å². The molecule has 2 aromatic heterocycles. The summed E-state index contributed by atoms with van der Waals surface area (Å²) in [6.07, 6.45) is 3.34. The second-order valence-corrected chi connectivity index (χ2v) is 9.32. The summed E-state index contributed by atoms with van der Waals surface area (Å²) in [4.78, 5) is 26.0. The van der Waals surface area contributed by atoms with Crippen LogP contribution in [0.5, 0.6) is 0 Å². The van der Waals surface area contributed by atoms with Crippen molar-refractivity contribution >= 4 is 34.2 Å². The fraction of sp³-hybridized carbons (Fsp3) is 0.143. The van der Waals surface area contributed by atoms with E-state index in [4.69, 9.17) is 11.6 Å². The van der Waals surface area contributed by atoms with Gasteiger partial charge in [-0.2, -0.15) is 5.10 Å². The third-order valence-corrected chi connectivity index (χ3v) is 6.91. The Bertz CT molecular complexity index is 1580. The van der Waals surface area contributed by atoms with Crippen molar-refractivity contribution in [2.75, 3.05) is 31.1 Å². The molecule has 5 aromatic rings. The molecule has 9 heteroatoms. The molecule has 0 spiro atoms. The van der Waals surface area contributed by atoms with Gasteiger partial charge in [-0.05, 0) is 66.2 Å². The number of hydrogen-bond acceptors (Lipinski definition) is 5. The van der Waals surface area contributed by atoms with Gasteiger partial charge in [0.05, 0.1) is 17.4 Å². The number of carbonyl (C=O) groups is 1. The van der Waals surface area contributed by atoms with Gasteiger partial charge < -0.3 is 9.80 Å². The van der Waals surface area contributed by atoms with Crippen molar-refractivity contribution in [1.29, 1.82) is 0 Å². The topological polar surface area (TPSA) is 78.0 Å². The number of benzene rings is 3. The van der Waals surface area contributed by atoms with Gasteiger partial charge in [-0.15, -0.1) is 0 Å². The quantitative estimate of drug-likeness (QED) is 0.347. The number of amides is 1. The number of halogens is 2. The molecule has 184 valence electrons. The van der Waals surface area contributed by atoms with E-state index in [1.54, 1.807) is 48.9 Å². The Hall–Kier alpha value is -4.30. The summed E-state index contributed by atoms with van der Waals surface area (Å²) >= 11 is 5.96. The van der Waals surface area contributed by atoms with E-state index in [1.165, 1.54) is 12.1 Å². The third-order valence-electron chi connectivity index (χ3n) is 6.66. The Balaban J connectivity index is 1.27. The number of carbonyl (C=O) groups excluding carboxylic acids is 1. The number of rotatable bonds is 4. The Morgan fingerprint density at radius 1 is 0.892 bits per heavy atom. The van der Waals surface area contributed by atoms with E-state index >= 15 is 0 Å². The van der Waals surface area contributed by atoms with E-state index in [9.17, 15) is 9.18 Å². The zero-order valence-electron chi connectivity index (χ0n) is 19.7. The lowest BCUT2D eigenvalue weighted by Gasteiger charge is -2.35. The molecule has 0 radical (unpaired) electrons. The molecule has 1 amide bonds. The average molecular weight is 513 g/mol. The molecule has 3 heterocycles. The Kier molecular flexibility index (Phi) is 6.02. The van der Waals surface area contributed by atoms with Crippen molar-refractivity contribution in [2.24, 2.45) is 0 Å². The molecule has 7 nitrogen and oxygen atoms in total. The molecular formula is C28H22ClFN6O. The molecule has 6 rings (SSSR count). The first kappa shape index (κ1) is 23.1. The van der Waals surface area contributed by atoms with Crippen molar-refractivity contribution < 1.29 is 9.18 Å². The molecule has 37 heavy (non-hydrogen) atoms. The average Bonchev–Trinajstić information content (AvgIpc) is 3.43. The fourth-order valence-electron chi connectivity index (χ4n) is 4.70. The molecule has 0 bridgehead atoms. The van der Waals surface area contributed by atoms with Crippen LogP contribution in [0.3, 0.4) is 0 Å². The molecular weight excluding hydrogens is 491 g/mol.